The Morgan fingerprint density at radius 2 is 1.39 bits per heavy atom. The minimum Gasteiger partial charge on any atom is -0.691 e. The average Bonchev–Trinajstić information content (AvgIpc) is 3.96. The van der Waals surface area contributed by atoms with Gasteiger partial charge in [0.15, 0.2) is 5.71 Å². The van der Waals surface area contributed by atoms with Gasteiger partial charge in [-0.1, -0.05) is 44.2 Å². The van der Waals surface area contributed by atoms with Crippen molar-refractivity contribution in [2.24, 2.45) is 0 Å². The van der Waals surface area contributed by atoms with Crippen molar-refractivity contribution in [2.45, 2.75) is 105 Å². The molecule has 1 saturated heterocycles. The smallest absolute Gasteiger partial charge is 0.333 e. The Kier molecular flexibility index (Phi) is 19.3. The van der Waals surface area contributed by atoms with E-state index in [-0.39, 0.29) is 67.8 Å². The van der Waals surface area contributed by atoms with E-state index in [9.17, 15) is 45.6 Å². The monoisotopic (exact) mass is 1110 g/mol. The predicted molar refractivity (Wildman–Crippen MR) is 273 cm³/mol. The lowest BCUT2D eigenvalue weighted by molar-refractivity contribution is -0.777. The van der Waals surface area contributed by atoms with Crippen molar-refractivity contribution in [3.8, 4) is 5.75 Å². The zero-order chi connectivity index (χ0) is 54.8. The summed E-state index contributed by atoms with van der Waals surface area (Å²) in [5.41, 5.74) is 4.25. The number of allylic oxidation sites excluding steroid dienone is 7. The number of anilines is 1. The third kappa shape index (κ3) is 13.7. The number of ether oxygens (including phenoxy) is 4. The number of rotatable bonds is 26. The van der Waals surface area contributed by atoms with Crippen LogP contribution in [0.25, 0.3) is 0 Å². The number of amides is 2. The molecule has 2 amide bonds. The highest BCUT2D eigenvalue weighted by Crippen LogP contribution is 2.51. The summed E-state index contributed by atoms with van der Waals surface area (Å²) in [5, 5.41) is 16.3. The first kappa shape index (κ1) is 58.1. The largest absolute Gasteiger partial charge is 0.691 e. The Morgan fingerprint density at radius 3 is 2.05 bits per heavy atom. The van der Waals surface area contributed by atoms with Gasteiger partial charge in [0.1, 0.15) is 28.3 Å². The van der Waals surface area contributed by atoms with E-state index in [1.165, 1.54) is 35.4 Å². The van der Waals surface area contributed by atoms with E-state index in [0.29, 0.717) is 78.0 Å². The highest BCUT2D eigenvalue weighted by molar-refractivity contribution is 7.94. The summed E-state index contributed by atoms with van der Waals surface area (Å²) in [7, 11) is -7.29. The summed E-state index contributed by atoms with van der Waals surface area (Å²) in [4.78, 5) is 46.4. The van der Waals surface area contributed by atoms with Gasteiger partial charge in [0.05, 0.1) is 73.4 Å². The topological polar surface area (TPSA) is 266 Å². The number of carbonyl (C=O) groups is 3. The number of fused-ring (bicyclic) bond motifs is 2. The molecule has 410 valence electrons. The van der Waals surface area contributed by atoms with Crippen molar-refractivity contribution in [1.82, 2.24) is 5.06 Å². The van der Waals surface area contributed by atoms with Gasteiger partial charge in [-0.05, 0) is 111 Å². The van der Waals surface area contributed by atoms with E-state index >= 15 is 0 Å². The SMILES string of the molecule is C[N+]1=C(/C=C/C2=C(Oc3ccc(S(=O)(=O)O)cc3)C(=C/C=C3/N(OCCOCCOCCOCCCCC(=O)ON4C(=O)CCC4=O)c4c(cccc4S(=O)(=O)O)C3(C)C)/CCC2)C(C)(C)c2cccc(SOO[O-])c21. The lowest BCUT2D eigenvalue weighted by Gasteiger charge is -2.27. The van der Waals surface area contributed by atoms with Gasteiger partial charge < -0.3 is 29.0 Å². The predicted octanol–water partition coefficient (Wildman–Crippen LogP) is 6.86. The molecule has 2 N–H and O–H groups in total. The van der Waals surface area contributed by atoms with E-state index in [0.717, 1.165) is 40.2 Å². The van der Waals surface area contributed by atoms with Gasteiger partial charge in [-0.25, -0.2) is 9.86 Å². The molecule has 1 fully saturated rings. The molecule has 0 bridgehead atoms. The van der Waals surface area contributed by atoms with Gasteiger partial charge in [0.2, 0.25) is 5.69 Å². The number of imide groups is 1. The fourth-order valence-electron chi connectivity index (χ4n) is 9.37. The molecule has 76 heavy (non-hydrogen) atoms. The molecule has 3 aromatic rings. The number of hydroxylamine groups is 3. The molecular formula is C52H61N3O18S3. The second-order valence-electron chi connectivity index (χ2n) is 19.0. The Balaban J connectivity index is 1.05. The third-order valence-corrected chi connectivity index (χ3v) is 15.6. The van der Waals surface area contributed by atoms with Crippen molar-refractivity contribution < 1.29 is 88.2 Å². The van der Waals surface area contributed by atoms with Gasteiger partial charge in [0.25, 0.3) is 32.1 Å². The molecule has 1 aliphatic carbocycles. The molecule has 0 atom stereocenters. The number of unbranched alkanes of at least 4 members (excludes halogenated alkanes) is 1. The van der Waals surface area contributed by atoms with Crippen LogP contribution in [0, 0.1) is 0 Å². The van der Waals surface area contributed by atoms with Crippen LogP contribution >= 0.6 is 12.0 Å². The maximum atomic E-state index is 12.9. The summed E-state index contributed by atoms with van der Waals surface area (Å²) < 4.78 is 100.0. The maximum absolute atomic E-state index is 12.9. The van der Waals surface area contributed by atoms with Gasteiger partial charge in [-0.15, -0.1) is 5.06 Å². The van der Waals surface area contributed by atoms with Crippen molar-refractivity contribution in [3.63, 3.8) is 0 Å². The zero-order valence-corrected chi connectivity index (χ0v) is 45.1. The van der Waals surface area contributed by atoms with Crippen LogP contribution in [0.2, 0.25) is 0 Å². The van der Waals surface area contributed by atoms with Crippen LogP contribution in [0.15, 0.2) is 122 Å². The van der Waals surface area contributed by atoms with E-state index in [4.69, 9.17) is 33.0 Å². The highest BCUT2D eigenvalue weighted by atomic mass is 32.2. The molecule has 3 aliphatic heterocycles. The Morgan fingerprint density at radius 1 is 0.750 bits per heavy atom. The molecule has 3 heterocycles. The minimum atomic E-state index is -4.73. The van der Waals surface area contributed by atoms with Gasteiger partial charge in [-0.2, -0.15) is 25.7 Å². The molecule has 0 radical (unpaired) electrons. The molecule has 0 spiro atoms. The summed E-state index contributed by atoms with van der Waals surface area (Å²) in [6.45, 7) is 9.44. The second kappa shape index (κ2) is 25.2. The molecule has 0 aromatic heterocycles. The highest BCUT2D eigenvalue weighted by Gasteiger charge is 2.46. The summed E-state index contributed by atoms with van der Waals surface area (Å²) in [6.07, 6.45) is 10.6. The van der Waals surface area contributed by atoms with Crippen LogP contribution < -0.4 is 15.1 Å². The summed E-state index contributed by atoms with van der Waals surface area (Å²) in [5.74, 6) is -0.926. The van der Waals surface area contributed by atoms with Crippen molar-refractivity contribution in [2.75, 3.05) is 58.4 Å². The molecule has 24 heteroatoms. The first-order valence-corrected chi connectivity index (χ1v) is 28.1. The second-order valence-corrected chi connectivity index (χ2v) is 22.5. The Labute approximate surface area is 445 Å². The number of hydrogen-bond donors (Lipinski definition) is 2. The molecule has 7 rings (SSSR count). The van der Waals surface area contributed by atoms with E-state index < -0.39 is 48.8 Å². The lowest BCUT2D eigenvalue weighted by Crippen LogP contribution is -2.31. The van der Waals surface area contributed by atoms with Crippen molar-refractivity contribution >= 4 is 67.1 Å². The summed E-state index contributed by atoms with van der Waals surface area (Å²) >= 11 is 0.814. The lowest BCUT2D eigenvalue weighted by atomic mass is 9.81. The molecular weight excluding hydrogens is 1050 g/mol. The van der Waals surface area contributed by atoms with E-state index in [1.807, 2.05) is 68.0 Å². The van der Waals surface area contributed by atoms with Gasteiger partial charge >= 0.3 is 5.97 Å². The first-order valence-electron chi connectivity index (χ1n) is 24.4. The van der Waals surface area contributed by atoms with E-state index in [1.54, 1.807) is 12.1 Å². The van der Waals surface area contributed by atoms with Crippen LogP contribution in [0.1, 0.15) is 90.2 Å². The molecule has 0 unspecified atom stereocenters. The Bertz CT molecular complexity index is 3040. The number of benzene rings is 3. The minimum absolute atomic E-state index is 0.0274. The fourth-order valence-corrected chi connectivity index (χ4v) is 11.1. The number of nitrogens with zero attached hydrogens (tertiary/aromatic N) is 3. The normalized spacial score (nSPS) is 18.5. The van der Waals surface area contributed by atoms with Crippen molar-refractivity contribution in [3.05, 3.63) is 119 Å². The number of carbonyl (C=O) groups excluding carboxylic acids is 3. The average molecular weight is 1110 g/mol. The third-order valence-electron chi connectivity index (χ3n) is 13.2. The number of hydrogen-bond acceptors (Lipinski definition) is 18. The van der Waals surface area contributed by atoms with Crippen LogP contribution in [0.5, 0.6) is 5.75 Å². The van der Waals surface area contributed by atoms with E-state index in [2.05, 4.69) is 18.9 Å². The standard InChI is InChI=1S/C52H61N3O18S3/c1-51(2)39-13-9-15-41(74-73-72-59)48(39)53(5)43(51)24-18-35-11-8-12-36(50(35)70-37-20-22-38(23-21-37)75(60,61)62)19-25-44-52(3,4)40-14-10-16-42(76(63,64)65)49(40)54(44)69-34-33-68-32-31-67-30-29-66-28-7-6-17-47(58)71-55-45(56)26-27-46(55)57/h9-10,13-16,18-25H,6-8,11-12,17,26-34H2,1-5H3,(H2-,59,60,61,62,63,64,65). The fraction of sp³-hybridized carbons (Fsp3) is 0.423. The van der Waals surface area contributed by atoms with Crippen LogP contribution in [-0.4, -0.2) is 112 Å². The maximum Gasteiger partial charge on any atom is 0.333 e. The van der Waals surface area contributed by atoms with Crippen LogP contribution in [-0.2, 0) is 78.7 Å². The molecule has 4 aliphatic rings. The zero-order valence-electron chi connectivity index (χ0n) is 42.7. The first-order chi connectivity index (χ1) is 36.1. The molecule has 3 aromatic carbocycles. The van der Waals surface area contributed by atoms with Crippen LogP contribution in [0.3, 0.4) is 0 Å². The number of para-hydroxylation sites is 2. The molecule has 21 nitrogen and oxygen atoms in total. The Hall–Kier alpha value is -5.61. The van der Waals surface area contributed by atoms with Crippen LogP contribution in [0.4, 0.5) is 11.4 Å². The summed E-state index contributed by atoms with van der Waals surface area (Å²) in [6, 6.07) is 15.7. The van der Waals surface area contributed by atoms with Crippen molar-refractivity contribution in [1.29, 1.82) is 0 Å². The molecule has 0 saturated carbocycles. The quantitative estimate of drug-likeness (QED) is 0.0158. The van der Waals surface area contributed by atoms with Gasteiger partial charge in [-0.3, -0.25) is 28.6 Å². The van der Waals surface area contributed by atoms with Gasteiger partial charge in [0, 0.05) is 42.9 Å².